The fraction of sp³-hybridized carbons (Fsp3) is 0.250. The van der Waals surface area contributed by atoms with E-state index >= 15 is 0 Å². The minimum Gasteiger partial charge on any atom is -0.478 e. The number of aromatic nitrogens is 1. The number of carbonyl (C=O) groups excluding carboxylic acids is 2. The van der Waals surface area contributed by atoms with E-state index in [1.165, 1.54) is 7.11 Å². The molecule has 3 N–H and O–H groups in total. The molecule has 4 rings (SSSR count). The molecule has 1 aliphatic heterocycles. The van der Waals surface area contributed by atoms with Gasteiger partial charge in [-0.25, -0.2) is 9.59 Å². The number of hydrogen-bond acceptors (Lipinski definition) is 4. The molecule has 2 aromatic rings. The molecule has 1 aliphatic carbocycles. The van der Waals surface area contributed by atoms with Crippen LogP contribution in [0.4, 0.5) is 5.69 Å². The lowest BCUT2D eigenvalue weighted by molar-refractivity contribution is -0.110. The summed E-state index contributed by atoms with van der Waals surface area (Å²) in [6.07, 6.45) is 5.03. The van der Waals surface area contributed by atoms with Crippen molar-refractivity contribution in [2.45, 2.75) is 25.7 Å². The van der Waals surface area contributed by atoms with Crippen molar-refractivity contribution in [3.8, 4) is 0 Å². The van der Waals surface area contributed by atoms with E-state index in [2.05, 4.69) is 10.3 Å². The summed E-state index contributed by atoms with van der Waals surface area (Å²) >= 11 is 0. The number of aryl methyl sites for hydroxylation is 1. The van der Waals surface area contributed by atoms with E-state index in [1.54, 1.807) is 24.3 Å². The van der Waals surface area contributed by atoms with Crippen molar-refractivity contribution in [3.05, 3.63) is 51.8 Å². The van der Waals surface area contributed by atoms with Crippen molar-refractivity contribution in [1.82, 2.24) is 4.98 Å². The molecule has 2 heterocycles. The van der Waals surface area contributed by atoms with E-state index in [0.717, 1.165) is 30.5 Å². The predicted octanol–water partition coefficient (Wildman–Crippen LogP) is 2.87. The minimum atomic E-state index is -1.01. The Morgan fingerprint density at radius 2 is 2.00 bits per heavy atom. The van der Waals surface area contributed by atoms with Crippen LogP contribution in [0.5, 0.6) is 0 Å². The summed E-state index contributed by atoms with van der Waals surface area (Å²) in [5.74, 6) is -1.85. The molecule has 0 radical (unpaired) electrons. The summed E-state index contributed by atoms with van der Waals surface area (Å²) in [5, 5.41) is 12.4. The van der Waals surface area contributed by atoms with Crippen LogP contribution in [0.1, 0.15) is 56.1 Å². The van der Waals surface area contributed by atoms with E-state index < -0.39 is 11.9 Å². The van der Waals surface area contributed by atoms with Crippen LogP contribution >= 0.6 is 0 Å². The van der Waals surface area contributed by atoms with Crippen LogP contribution in [0.3, 0.4) is 0 Å². The number of hydrogen-bond donors (Lipinski definition) is 3. The fourth-order valence-electron chi connectivity index (χ4n) is 3.78. The Bertz CT molecular complexity index is 1020. The lowest BCUT2D eigenvalue weighted by atomic mass is 9.94. The number of nitrogens with one attached hydrogen (secondary N) is 2. The van der Waals surface area contributed by atoms with Crippen LogP contribution in [0.15, 0.2) is 18.2 Å². The monoisotopic (exact) mass is 366 g/mol. The maximum absolute atomic E-state index is 12.5. The average Bonchev–Trinajstić information content (AvgIpc) is 3.18. The Morgan fingerprint density at radius 3 is 2.74 bits per heavy atom. The molecule has 0 spiro atoms. The zero-order chi connectivity index (χ0) is 19.1. The Labute approximate surface area is 155 Å². The molecular formula is C20H18N2O5. The molecule has 7 nitrogen and oxygen atoms in total. The van der Waals surface area contributed by atoms with Gasteiger partial charge < -0.3 is 20.1 Å². The maximum Gasteiger partial charge on any atom is 0.338 e. The van der Waals surface area contributed by atoms with Crippen LogP contribution < -0.4 is 5.32 Å². The van der Waals surface area contributed by atoms with E-state index in [4.69, 9.17) is 4.74 Å². The van der Waals surface area contributed by atoms with Crippen LogP contribution in [-0.2, 0) is 22.4 Å². The van der Waals surface area contributed by atoms with Gasteiger partial charge in [-0.2, -0.15) is 0 Å². The number of carboxylic acids is 1. The number of ether oxygens (including phenoxy) is 1. The van der Waals surface area contributed by atoms with Gasteiger partial charge in [0.15, 0.2) is 0 Å². The van der Waals surface area contributed by atoms with Gasteiger partial charge in [0.2, 0.25) is 0 Å². The Kier molecular flexibility index (Phi) is 4.07. The molecule has 0 fully saturated rings. The zero-order valence-corrected chi connectivity index (χ0v) is 14.7. The van der Waals surface area contributed by atoms with E-state index in [-0.39, 0.29) is 11.5 Å². The third kappa shape index (κ3) is 2.81. The molecular weight excluding hydrogens is 348 g/mol. The number of amides is 1. The second-order valence-electron chi connectivity index (χ2n) is 6.65. The molecule has 1 aromatic carbocycles. The Hall–Kier alpha value is -3.35. The van der Waals surface area contributed by atoms with Crippen molar-refractivity contribution in [1.29, 1.82) is 0 Å². The lowest BCUT2D eigenvalue weighted by Gasteiger charge is -2.10. The zero-order valence-electron chi connectivity index (χ0n) is 14.7. The highest BCUT2D eigenvalue weighted by Crippen LogP contribution is 2.36. The molecule has 2 aliphatic rings. The maximum atomic E-state index is 12.5. The molecule has 7 heteroatoms. The third-order valence-electron chi connectivity index (χ3n) is 5.05. The molecule has 0 saturated carbocycles. The summed E-state index contributed by atoms with van der Waals surface area (Å²) in [7, 11) is 1.29. The average molecular weight is 366 g/mol. The number of carboxylic acid groups (broad SMARTS) is 1. The van der Waals surface area contributed by atoms with E-state index in [1.807, 2.05) is 0 Å². The Morgan fingerprint density at radius 1 is 1.22 bits per heavy atom. The second kappa shape index (κ2) is 6.42. The number of esters is 1. The number of rotatable bonds is 3. The van der Waals surface area contributed by atoms with Crippen LogP contribution in [-0.4, -0.2) is 35.0 Å². The number of aromatic amines is 1. The van der Waals surface area contributed by atoms with Crippen molar-refractivity contribution in [2.75, 3.05) is 12.4 Å². The molecule has 0 saturated heterocycles. The van der Waals surface area contributed by atoms with E-state index in [0.29, 0.717) is 34.5 Å². The number of fused-ring (bicyclic) bond motifs is 2. The topological polar surface area (TPSA) is 108 Å². The highest BCUT2D eigenvalue weighted by Gasteiger charge is 2.28. The Balaban J connectivity index is 1.85. The first-order valence-electron chi connectivity index (χ1n) is 8.72. The summed E-state index contributed by atoms with van der Waals surface area (Å²) in [5.41, 5.74) is 4.15. The summed E-state index contributed by atoms with van der Waals surface area (Å²) < 4.78 is 4.73. The van der Waals surface area contributed by atoms with Crippen molar-refractivity contribution < 1.29 is 24.2 Å². The second-order valence-corrected chi connectivity index (χ2v) is 6.65. The number of H-pyrrole nitrogens is 1. The van der Waals surface area contributed by atoms with Gasteiger partial charge in [-0.05, 0) is 55.5 Å². The highest BCUT2D eigenvalue weighted by molar-refractivity contribution is 6.35. The number of anilines is 1. The molecule has 0 bridgehead atoms. The molecule has 1 aromatic heterocycles. The smallest absolute Gasteiger partial charge is 0.338 e. The molecule has 0 unspecified atom stereocenters. The van der Waals surface area contributed by atoms with Gasteiger partial charge >= 0.3 is 11.9 Å². The van der Waals surface area contributed by atoms with Crippen LogP contribution in [0.2, 0.25) is 0 Å². The lowest BCUT2D eigenvalue weighted by Crippen LogP contribution is -2.07. The number of aromatic carboxylic acids is 1. The quantitative estimate of drug-likeness (QED) is 0.572. The number of carbonyl (C=O) groups is 3. The minimum absolute atomic E-state index is 0.225. The summed E-state index contributed by atoms with van der Waals surface area (Å²) in [6.45, 7) is 0. The molecule has 138 valence electrons. The van der Waals surface area contributed by atoms with Crippen LogP contribution in [0, 0.1) is 0 Å². The first kappa shape index (κ1) is 17.1. The van der Waals surface area contributed by atoms with Gasteiger partial charge in [0.1, 0.15) is 0 Å². The highest BCUT2D eigenvalue weighted by atomic mass is 16.5. The van der Waals surface area contributed by atoms with Gasteiger partial charge in [-0.1, -0.05) is 0 Å². The summed E-state index contributed by atoms with van der Waals surface area (Å²) in [4.78, 5) is 39.3. The number of methoxy groups -OCH3 is 1. The van der Waals surface area contributed by atoms with Gasteiger partial charge in [0.05, 0.1) is 29.5 Å². The molecule has 0 atom stereocenters. The normalized spacial score (nSPS) is 16.6. The van der Waals surface area contributed by atoms with Crippen LogP contribution in [0.25, 0.3) is 11.6 Å². The standard InChI is InChI=1S/C20H18N2O5/c1-27-20(26)10-6-7-15-12(8-10)13(18(23)22-15)9-16-17(19(24)25)11-4-2-3-5-14(11)21-16/h6-9,21H,2-5H2,1H3,(H,22,23)(H,24,25). The van der Waals surface area contributed by atoms with Crippen molar-refractivity contribution in [2.24, 2.45) is 0 Å². The fourth-order valence-corrected chi connectivity index (χ4v) is 3.78. The van der Waals surface area contributed by atoms with Crippen molar-refractivity contribution in [3.63, 3.8) is 0 Å². The number of benzene rings is 1. The predicted molar refractivity (Wildman–Crippen MR) is 98.7 cm³/mol. The van der Waals surface area contributed by atoms with Gasteiger partial charge in [-0.3, -0.25) is 4.79 Å². The third-order valence-corrected chi connectivity index (χ3v) is 5.05. The molecule has 1 amide bonds. The summed E-state index contributed by atoms with van der Waals surface area (Å²) in [6, 6.07) is 4.79. The van der Waals surface area contributed by atoms with Gasteiger partial charge in [0.25, 0.3) is 5.91 Å². The first-order valence-corrected chi connectivity index (χ1v) is 8.72. The van der Waals surface area contributed by atoms with Crippen molar-refractivity contribution >= 4 is 35.2 Å². The van der Waals surface area contributed by atoms with E-state index in [9.17, 15) is 19.5 Å². The van der Waals surface area contributed by atoms with Gasteiger partial charge in [0, 0.05) is 16.9 Å². The SMILES string of the molecule is COC(=O)c1ccc2c(c1)C(=Cc1[nH]c3c(c1C(=O)O)CCCC3)C(=O)N2. The van der Waals surface area contributed by atoms with Gasteiger partial charge in [-0.15, -0.1) is 0 Å². The largest absolute Gasteiger partial charge is 0.478 e. The molecule has 27 heavy (non-hydrogen) atoms. The first-order chi connectivity index (χ1) is 13.0.